The fourth-order valence-corrected chi connectivity index (χ4v) is 4.58. The molecule has 2 atom stereocenters. The van der Waals surface area contributed by atoms with Gasteiger partial charge in [-0.3, -0.25) is 4.79 Å². The number of fused-ring (bicyclic) bond motifs is 1. The van der Waals surface area contributed by atoms with Gasteiger partial charge in [-0.15, -0.1) is 0 Å². The standard InChI is InChI=1S/C14H16N2OS.C10H12ClFN2OS/c17-13-10(7-11-8-15-14(18)16-11)6-5-9-3-1-2-4-12(9)13;11-8-3-1-2-7(9(8)12)6-14-10(16)13-4-5-15/h1-4,10-11H,5-8H2,(H2,15,16,18);1-3,15H,4-6H2,(H2,13,14,16)/t10-,11?;/m0./s1. The molecule has 2 aromatic rings. The summed E-state index contributed by atoms with van der Waals surface area (Å²) in [5.41, 5.74) is 2.56. The molecular weight excluding hydrogens is 495 g/mol. The first-order valence-electron chi connectivity index (χ1n) is 11.1. The fraction of sp³-hybridized carbons (Fsp3) is 0.375. The Hall–Kier alpha value is -2.33. The predicted octanol–water partition coefficient (Wildman–Crippen LogP) is 3.10. The van der Waals surface area contributed by atoms with Crippen LogP contribution >= 0.6 is 36.0 Å². The fourth-order valence-electron chi connectivity index (χ4n) is 3.97. The Morgan fingerprint density at radius 1 is 1.21 bits per heavy atom. The highest BCUT2D eigenvalue weighted by molar-refractivity contribution is 7.80. The van der Waals surface area contributed by atoms with Crippen molar-refractivity contribution in [2.75, 3.05) is 19.7 Å². The van der Waals surface area contributed by atoms with Crippen LogP contribution in [0.3, 0.4) is 0 Å². The van der Waals surface area contributed by atoms with Crippen molar-refractivity contribution in [3.05, 3.63) is 70.0 Å². The molecule has 1 aliphatic carbocycles. The van der Waals surface area contributed by atoms with E-state index in [0.29, 0.717) is 34.2 Å². The summed E-state index contributed by atoms with van der Waals surface area (Å²) in [5, 5.41) is 21.6. The van der Waals surface area contributed by atoms with E-state index < -0.39 is 5.82 Å². The van der Waals surface area contributed by atoms with Crippen molar-refractivity contribution in [1.29, 1.82) is 0 Å². The van der Waals surface area contributed by atoms with Gasteiger partial charge in [0.05, 0.1) is 11.6 Å². The Morgan fingerprint density at radius 3 is 2.74 bits per heavy atom. The monoisotopic (exact) mass is 522 g/mol. The lowest BCUT2D eigenvalue weighted by molar-refractivity contribution is 0.0888. The smallest absolute Gasteiger partial charge is 0.166 e. The summed E-state index contributed by atoms with van der Waals surface area (Å²) in [6.45, 7) is 1.45. The van der Waals surface area contributed by atoms with Crippen LogP contribution in [-0.4, -0.2) is 46.9 Å². The molecule has 1 aliphatic heterocycles. The lowest BCUT2D eigenvalue weighted by atomic mass is 9.80. The molecule has 1 heterocycles. The molecule has 0 saturated carbocycles. The summed E-state index contributed by atoms with van der Waals surface area (Å²) in [6, 6.07) is 13.1. The lowest BCUT2D eigenvalue weighted by Gasteiger charge is -2.25. The van der Waals surface area contributed by atoms with E-state index in [0.717, 1.165) is 31.4 Å². The molecule has 0 spiro atoms. The average molecular weight is 523 g/mol. The van der Waals surface area contributed by atoms with Crippen molar-refractivity contribution in [2.24, 2.45) is 5.92 Å². The minimum atomic E-state index is -0.443. The van der Waals surface area contributed by atoms with Gasteiger partial charge in [-0.1, -0.05) is 48.0 Å². The van der Waals surface area contributed by atoms with E-state index in [1.807, 2.05) is 18.2 Å². The van der Waals surface area contributed by atoms with E-state index >= 15 is 0 Å². The van der Waals surface area contributed by atoms with Gasteiger partial charge in [-0.05, 0) is 55.3 Å². The Morgan fingerprint density at radius 2 is 2.00 bits per heavy atom. The molecule has 0 aromatic heterocycles. The van der Waals surface area contributed by atoms with Gasteiger partial charge in [-0.25, -0.2) is 4.39 Å². The number of hydrogen-bond donors (Lipinski definition) is 5. The zero-order valence-electron chi connectivity index (χ0n) is 18.6. The van der Waals surface area contributed by atoms with Gasteiger partial charge in [0.25, 0.3) is 0 Å². The van der Waals surface area contributed by atoms with Crippen LogP contribution in [-0.2, 0) is 13.0 Å². The van der Waals surface area contributed by atoms with Crippen molar-refractivity contribution in [3.8, 4) is 0 Å². The van der Waals surface area contributed by atoms with Crippen molar-refractivity contribution in [2.45, 2.75) is 31.8 Å². The van der Waals surface area contributed by atoms with Crippen LogP contribution < -0.4 is 21.3 Å². The molecule has 4 rings (SSSR count). The Kier molecular flexibility index (Phi) is 10.0. The molecule has 2 aromatic carbocycles. The Balaban J connectivity index is 0.000000192. The number of carbonyl (C=O) groups is 1. The highest BCUT2D eigenvalue weighted by atomic mass is 35.5. The summed E-state index contributed by atoms with van der Waals surface area (Å²) >= 11 is 15.6. The first kappa shape index (κ1) is 26.3. The predicted molar refractivity (Wildman–Crippen MR) is 141 cm³/mol. The van der Waals surface area contributed by atoms with Crippen LogP contribution in [0.15, 0.2) is 42.5 Å². The van der Waals surface area contributed by atoms with E-state index in [1.54, 1.807) is 12.1 Å². The molecule has 5 N–H and O–H groups in total. The molecule has 2 aliphatic rings. The average Bonchev–Trinajstić information content (AvgIpc) is 3.25. The zero-order valence-corrected chi connectivity index (χ0v) is 21.0. The van der Waals surface area contributed by atoms with Crippen molar-refractivity contribution in [3.63, 3.8) is 0 Å². The zero-order chi connectivity index (χ0) is 24.5. The number of aryl methyl sites for hydroxylation is 1. The molecule has 0 bridgehead atoms. The van der Waals surface area contributed by atoms with Gasteiger partial charge in [-0.2, -0.15) is 0 Å². The summed E-state index contributed by atoms with van der Waals surface area (Å²) in [6.07, 6.45) is 2.85. The molecular formula is C24H28ClFN4O2S2. The van der Waals surface area contributed by atoms with Gasteiger partial charge in [0.2, 0.25) is 0 Å². The van der Waals surface area contributed by atoms with E-state index in [1.165, 1.54) is 11.6 Å². The number of benzene rings is 2. The van der Waals surface area contributed by atoms with Crippen LogP contribution in [0.25, 0.3) is 0 Å². The van der Waals surface area contributed by atoms with Crippen LogP contribution in [0.2, 0.25) is 5.02 Å². The maximum Gasteiger partial charge on any atom is 0.166 e. The number of hydrogen-bond acceptors (Lipinski definition) is 4. The molecule has 0 amide bonds. The van der Waals surface area contributed by atoms with Crippen LogP contribution in [0.5, 0.6) is 0 Å². The van der Waals surface area contributed by atoms with Crippen LogP contribution in [0, 0.1) is 11.7 Å². The minimum absolute atomic E-state index is 0.00660. The summed E-state index contributed by atoms with van der Waals surface area (Å²) in [5.74, 6) is -0.00167. The van der Waals surface area contributed by atoms with Gasteiger partial charge in [0, 0.05) is 42.7 Å². The Bertz CT molecular complexity index is 1040. The number of rotatable bonds is 6. The molecule has 182 valence electrons. The maximum absolute atomic E-state index is 13.4. The van der Waals surface area contributed by atoms with Crippen LogP contribution in [0.4, 0.5) is 4.39 Å². The molecule has 1 saturated heterocycles. The number of halogens is 2. The molecule has 0 radical (unpaired) electrons. The second kappa shape index (κ2) is 12.9. The number of Topliss-reactive ketones (excluding diaryl/α,β-unsaturated/α-hetero) is 1. The third kappa shape index (κ3) is 7.33. The number of thiocarbonyl (C=S) groups is 2. The molecule has 34 heavy (non-hydrogen) atoms. The number of ketones is 1. The quantitative estimate of drug-likeness (QED) is 0.370. The summed E-state index contributed by atoms with van der Waals surface area (Å²) in [7, 11) is 0. The third-order valence-corrected chi connectivity index (χ3v) is 6.54. The van der Waals surface area contributed by atoms with Crippen molar-refractivity contribution >= 4 is 52.0 Å². The second-order valence-electron chi connectivity index (χ2n) is 8.09. The van der Waals surface area contributed by atoms with E-state index in [9.17, 15) is 9.18 Å². The van der Waals surface area contributed by atoms with Gasteiger partial charge < -0.3 is 26.4 Å². The van der Waals surface area contributed by atoms with E-state index in [4.69, 9.17) is 41.1 Å². The SMILES string of the molecule is O=C1c2ccccc2CC[C@H]1CC1CNC(=S)N1.OCCNC(=S)NCc1cccc(Cl)c1F. The van der Waals surface area contributed by atoms with Crippen LogP contribution in [0.1, 0.15) is 34.3 Å². The first-order valence-corrected chi connectivity index (χ1v) is 12.3. The summed E-state index contributed by atoms with van der Waals surface area (Å²) < 4.78 is 13.4. The molecule has 1 unspecified atom stereocenters. The molecule has 6 nitrogen and oxygen atoms in total. The second-order valence-corrected chi connectivity index (χ2v) is 9.31. The highest BCUT2D eigenvalue weighted by Crippen LogP contribution is 2.28. The number of aliphatic hydroxyl groups is 1. The molecule has 10 heteroatoms. The maximum atomic E-state index is 13.4. The van der Waals surface area contributed by atoms with Crippen molar-refractivity contribution < 1.29 is 14.3 Å². The van der Waals surface area contributed by atoms with Gasteiger partial charge in [0.15, 0.2) is 16.0 Å². The van der Waals surface area contributed by atoms with Gasteiger partial charge in [0.1, 0.15) is 5.82 Å². The Labute approximate surface area is 214 Å². The highest BCUT2D eigenvalue weighted by Gasteiger charge is 2.30. The minimum Gasteiger partial charge on any atom is -0.395 e. The number of carbonyl (C=O) groups excluding carboxylic acids is 1. The normalized spacial score (nSPS) is 18.7. The third-order valence-electron chi connectivity index (χ3n) is 5.70. The lowest BCUT2D eigenvalue weighted by Crippen LogP contribution is -2.36. The van der Waals surface area contributed by atoms with Crippen molar-refractivity contribution in [1.82, 2.24) is 21.3 Å². The van der Waals surface area contributed by atoms with Gasteiger partial charge >= 0.3 is 0 Å². The first-order chi connectivity index (χ1) is 16.4. The topological polar surface area (TPSA) is 85.4 Å². The largest absolute Gasteiger partial charge is 0.395 e. The van der Waals surface area contributed by atoms with E-state index in [-0.39, 0.29) is 24.1 Å². The van der Waals surface area contributed by atoms with E-state index in [2.05, 4.69) is 27.3 Å². The number of aliphatic hydroxyl groups excluding tert-OH is 1. The number of nitrogens with one attached hydrogen (secondary N) is 4. The molecule has 1 fully saturated rings. The summed E-state index contributed by atoms with van der Waals surface area (Å²) in [4.78, 5) is 12.4.